The van der Waals surface area contributed by atoms with Crippen molar-refractivity contribution in [1.82, 2.24) is 20.9 Å². The first-order valence-corrected chi connectivity index (χ1v) is 13.7. The molecule has 0 spiro atoms. The van der Waals surface area contributed by atoms with E-state index >= 15 is 0 Å². The van der Waals surface area contributed by atoms with E-state index in [2.05, 4.69) is 30.4 Å². The third-order valence-corrected chi connectivity index (χ3v) is 6.56. The van der Waals surface area contributed by atoms with Crippen LogP contribution in [0.5, 0.6) is 11.5 Å². The lowest BCUT2D eigenvalue weighted by Crippen LogP contribution is -2.53. The predicted molar refractivity (Wildman–Crippen MR) is 144 cm³/mol. The van der Waals surface area contributed by atoms with Crippen molar-refractivity contribution in [2.45, 2.75) is 83.7 Å². The first-order chi connectivity index (χ1) is 19.8. The number of amides is 3. The van der Waals surface area contributed by atoms with Gasteiger partial charge in [0.1, 0.15) is 0 Å². The maximum Gasteiger partial charge on any atom is 0.408 e. The SMILES string of the molecule is COC(=O)NC1CC(NC(=O)c2nc(-c3ccc(OC(F)F)c(OCC4CC4)c3)oc2[C@H](C)OC(=O)NC(C)(C)C)C1. The van der Waals surface area contributed by atoms with E-state index in [0.29, 0.717) is 30.9 Å². The molecule has 2 fully saturated rings. The standard InChI is InChI=1S/C28H36F2N4O8/c1-14(40-27(37)34-28(2,3)4)22-21(23(35)31-17-11-18(12-17)32-26(36)38-5)33-24(42-22)16-8-9-19(41-25(29)30)20(10-16)39-13-15-6-7-15/h8-10,14-15,17-18,25H,6-7,11-13H2,1-5H3,(H,31,35)(H,32,36)(H,34,37)/t14-,17?,18?/m0/s1. The van der Waals surface area contributed by atoms with Gasteiger partial charge >= 0.3 is 18.8 Å². The van der Waals surface area contributed by atoms with Crippen molar-refractivity contribution in [3.8, 4) is 23.0 Å². The molecular formula is C28H36F2N4O8. The molecule has 0 radical (unpaired) electrons. The normalized spacial score (nSPS) is 18.9. The average Bonchev–Trinajstić information content (AvgIpc) is 3.60. The van der Waals surface area contributed by atoms with Crippen LogP contribution in [0.4, 0.5) is 18.4 Å². The van der Waals surface area contributed by atoms with Crippen LogP contribution in [-0.2, 0) is 9.47 Å². The molecule has 3 N–H and O–H groups in total. The molecular weight excluding hydrogens is 558 g/mol. The highest BCUT2D eigenvalue weighted by atomic mass is 19.3. The molecule has 1 aromatic carbocycles. The number of alkyl carbamates (subject to hydrolysis) is 2. The van der Waals surface area contributed by atoms with Crippen LogP contribution in [-0.4, -0.2) is 61.0 Å². The Kier molecular flexibility index (Phi) is 9.42. The zero-order valence-electron chi connectivity index (χ0n) is 24.1. The van der Waals surface area contributed by atoms with Gasteiger partial charge in [0.15, 0.2) is 29.1 Å². The molecule has 4 rings (SSSR count). The van der Waals surface area contributed by atoms with E-state index in [0.717, 1.165) is 12.8 Å². The van der Waals surface area contributed by atoms with Crippen molar-refractivity contribution in [3.05, 3.63) is 29.7 Å². The molecule has 42 heavy (non-hydrogen) atoms. The summed E-state index contributed by atoms with van der Waals surface area (Å²) in [4.78, 5) is 41.6. The Bertz CT molecular complexity index is 1290. The molecule has 1 aromatic heterocycles. The van der Waals surface area contributed by atoms with E-state index in [9.17, 15) is 23.2 Å². The first-order valence-electron chi connectivity index (χ1n) is 13.7. The fourth-order valence-electron chi connectivity index (χ4n) is 4.22. The number of rotatable bonds is 11. The highest BCUT2D eigenvalue weighted by Crippen LogP contribution is 2.37. The largest absolute Gasteiger partial charge is 0.489 e. The summed E-state index contributed by atoms with van der Waals surface area (Å²) in [6.45, 7) is 4.19. The summed E-state index contributed by atoms with van der Waals surface area (Å²) in [7, 11) is 1.27. The Morgan fingerprint density at radius 1 is 1.07 bits per heavy atom. The van der Waals surface area contributed by atoms with Gasteiger partial charge in [-0.1, -0.05) is 0 Å². The lowest BCUT2D eigenvalue weighted by atomic mass is 9.87. The lowest BCUT2D eigenvalue weighted by Gasteiger charge is -2.35. The number of hydrogen-bond donors (Lipinski definition) is 3. The van der Waals surface area contributed by atoms with E-state index in [4.69, 9.17) is 13.9 Å². The van der Waals surface area contributed by atoms with Gasteiger partial charge in [-0.25, -0.2) is 14.6 Å². The first kappa shape index (κ1) is 30.8. The van der Waals surface area contributed by atoms with E-state index in [1.165, 1.54) is 32.2 Å². The number of carbonyl (C=O) groups excluding carboxylic acids is 3. The van der Waals surface area contributed by atoms with Gasteiger partial charge in [-0.15, -0.1) is 0 Å². The molecule has 0 bridgehead atoms. The highest BCUT2D eigenvalue weighted by molar-refractivity contribution is 5.94. The second-order valence-electron chi connectivity index (χ2n) is 11.4. The molecule has 0 aliphatic heterocycles. The van der Waals surface area contributed by atoms with Crippen LogP contribution in [0.3, 0.4) is 0 Å². The molecule has 2 aromatic rings. The number of ether oxygens (including phenoxy) is 4. The number of oxazole rings is 1. The Morgan fingerprint density at radius 2 is 1.76 bits per heavy atom. The summed E-state index contributed by atoms with van der Waals surface area (Å²) in [6.07, 6.45) is 0.651. The summed E-state index contributed by atoms with van der Waals surface area (Å²) in [5, 5.41) is 8.20. The van der Waals surface area contributed by atoms with Gasteiger partial charge in [-0.3, -0.25) is 4.79 Å². The van der Waals surface area contributed by atoms with E-state index < -0.39 is 36.3 Å². The molecule has 0 unspecified atom stereocenters. The summed E-state index contributed by atoms with van der Waals surface area (Å²) >= 11 is 0. The van der Waals surface area contributed by atoms with Gasteiger partial charge < -0.3 is 39.3 Å². The number of halogens is 2. The van der Waals surface area contributed by atoms with Crippen molar-refractivity contribution >= 4 is 18.1 Å². The Morgan fingerprint density at radius 3 is 2.38 bits per heavy atom. The zero-order valence-corrected chi connectivity index (χ0v) is 24.1. The number of hydrogen-bond acceptors (Lipinski definition) is 9. The molecule has 230 valence electrons. The maximum absolute atomic E-state index is 13.3. The predicted octanol–water partition coefficient (Wildman–Crippen LogP) is 4.93. The van der Waals surface area contributed by atoms with Crippen LogP contribution >= 0.6 is 0 Å². The van der Waals surface area contributed by atoms with Crippen molar-refractivity contribution in [3.63, 3.8) is 0 Å². The number of carbonyl (C=O) groups is 3. The summed E-state index contributed by atoms with van der Waals surface area (Å²) in [5.74, 6) is -0.310. The van der Waals surface area contributed by atoms with Gasteiger partial charge in [0.2, 0.25) is 5.89 Å². The molecule has 2 aliphatic rings. The van der Waals surface area contributed by atoms with Crippen molar-refractivity contribution in [2.24, 2.45) is 5.92 Å². The van der Waals surface area contributed by atoms with Gasteiger partial charge in [-0.2, -0.15) is 8.78 Å². The van der Waals surface area contributed by atoms with Crippen LogP contribution in [0.25, 0.3) is 11.5 Å². The quantitative estimate of drug-likeness (QED) is 0.329. The number of nitrogens with one attached hydrogen (secondary N) is 3. The van der Waals surface area contributed by atoms with Gasteiger partial charge in [0.05, 0.1) is 13.7 Å². The molecule has 1 atom stereocenters. The number of aromatic nitrogens is 1. The van der Waals surface area contributed by atoms with Crippen LogP contribution in [0.2, 0.25) is 0 Å². The number of nitrogens with zero attached hydrogens (tertiary/aromatic N) is 1. The second kappa shape index (κ2) is 12.8. The van der Waals surface area contributed by atoms with Gasteiger partial charge in [-0.05, 0) is 77.5 Å². The van der Waals surface area contributed by atoms with Crippen LogP contribution in [0, 0.1) is 5.92 Å². The molecule has 3 amide bonds. The highest BCUT2D eigenvalue weighted by Gasteiger charge is 2.35. The van der Waals surface area contributed by atoms with Gasteiger partial charge in [0.25, 0.3) is 5.91 Å². The lowest BCUT2D eigenvalue weighted by molar-refractivity contribution is -0.0515. The van der Waals surface area contributed by atoms with Gasteiger partial charge in [0, 0.05) is 23.2 Å². The monoisotopic (exact) mass is 594 g/mol. The van der Waals surface area contributed by atoms with Crippen molar-refractivity contribution in [1.29, 1.82) is 0 Å². The van der Waals surface area contributed by atoms with Crippen LogP contribution < -0.4 is 25.4 Å². The summed E-state index contributed by atoms with van der Waals surface area (Å²) in [5.41, 5.74) is -0.347. The number of methoxy groups -OCH3 is 1. The Balaban J connectivity index is 1.58. The maximum atomic E-state index is 13.3. The third kappa shape index (κ3) is 8.46. The van der Waals surface area contributed by atoms with E-state index in [-0.39, 0.29) is 40.9 Å². The molecule has 2 saturated carbocycles. The average molecular weight is 595 g/mol. The van der Waals surface area contributed by atoms with Crippen molar-refractivity contribution in [2.75, 3.05) is 13.7 Å². The zero-order chi connectivity index (χ0) is 30.6. The molecule has 0 saturated heterocycles. The minimum absolute atomic E-state index is 0.0107. The Hall–Kier alpha value is -4.10. The Labute approximate surface area is 241 Å². The minimum Gasteiger partial charge on any atom is -0.489 e. The molecule has 1 heterocycles. The molecule has 2 aliphatic carbocycles. The number of benzene rings is 1. The number of alkyl halides is 2. The topological polar surface area (TPSA) is 150 Å². The van der Waals surface area contributed by atoms with E-state index in [1.807, 2.05) is 0 Å². The second-order valence-corrected chi connectivity index (χ2v) is 11.4. The van der Waals surface area contributed by atoms with Crippen LogP contribution in [0.15, 0.2) is 22.6 Å². The van der Waals surface area contributed by atoms with E-state index in [1.54, 1.807) is 20.8 Å². The summed E-state index contributed by atoms with van der Waals surface area (Å²) in [6, 6.07) is 3.81. The third-order valence-electron chi connectivity index (χ3n) is 6.56. The summed E-state index contributed by atoms with van der Waals surface area (Å²) < 4.78 is 52.4. The fraction of sp³-hybridized carbons (Fsp3) is 0.571. The molecule has 12 nitrogen and oxygen atoms in total. The molecule has 14 heteroatoms. The smallest absolute Gasteiger partial charge is 0.408 e. The van der Waals surface area contributed by atoms with Crippen molar-refractivity contribution < 1.29 is 46.5 Å². The fourth-order valence-corrected chi connectivity index (χ4v) is 4.22. The van der Waals surface area contributed by atoms with Crippen LogP contribution in [0.1, 0.15) is 75.7 Å². The minimum atomic E-state index is -3.05.